The van der Waals surface area contributed by atoms with Crippen LogP contribution in [0.25, 0.3) is 0 Å². The summed E-state index contributed by atoms with van der Waals surface area (Å²) in [7, 11) is -3.72. The van der Waals surface area contributed by atoms with Crippen LogP contribution in [0.1, 0.15) is 31.7 Å². The molecule has 1 saturated heterocycles. The van der Waals surface area contributed by atoms with Crippen LogP contribution in [-0.2, 0) is 21.4 Å². The molecule has 1 aliphatic heterocycles. The van der Waals surface area contributed by atoms with Crippen molar-refractivity contribution in [2.75, 3.05) is 6.54 Å². The zero-order valence-corrected chi connectivity index (χ0v) is 14.1. The zero-order valence-electron chi connectivity index (χ0n) is 12.5. The first-order chi connectivity index (χ1) is 9.87. The van der Waals surface area contributed by atoms with Crippen molar-refractivity contribution in [3.05, 3.63) is 29.8 Å². The van der Waals surface area contributed by atoms with E-state index in [0.29, 0.717) is 5.56 Å². The summed E-state index contributed by atoms with van der Waals surface area (Å²) in [6.07, 6.45) is 2.55. The smallest absolute Gasteiger partial charge is 0.240 e. The predicted molar refractivity (Wildman–Crippen MR) is 87.2 cm³/mol. The van der Waals surface area contributed by atoms with Gasteiger partial charge >= 0.3 is 0 Å². The summed E-state index contributed by atoms with van der Waals surface area (Å²) in [4.78, 5) is 12.4. The number of nitrogens with one attached hydrogen (secondary N) is 2. The van der Waals surface area contributed by atoms with E-state index >= 15 is 0 Å². The lowest BCUT2D eigenvalue weighted by atomic mass is 9.93. The molecule has 8 heteroatoms. The molecular formula is C14H22ClN3O3S. The van der Waals surface area contributed by atoms with Gasteiger partial charge in [0.05, 0.1) is 10.4 Å². The van der Waals surface area contributed by atoms with E-state index in [1.54, 1.807) is 12.1 Å². The number of benzene rings is 1. The first kappa shape index (κ1) is 18.9. The number of halogens is 1. The van der Waals surface area contributed by atoms with Gasteiger partial charge in [0.2, 0.25) is 15.9 Å². The lowest BCUT2D eigenvalue weighted by Crippen LogP contribution is -2.52. The molecule has 0 bridgehead atoms. The summed E-state index contributed by atoms with van der Waals surface area (Å²) in [5, 5.41) is 11.2. The molecule has 1 aromatic carbocycles. The molecule has 0 spiro atoms. The molecule has 1 atom stereocenters. The third kappa shape index (κ3) is 4.19. The van der Waals surface area contributed by atoms with Crippen molar-refractivity contribution in [2.24, 2.45) is 5.14 Å². The standard InChI is InChI=1S/C14H21N3O3S.ClH/c1-2-14(7-4-8-17-14)13(18)16-10-11-5-3-6-12(9-11)21(15,19)20;/h3,5-6,9,17H,2,4,7-8,10H2,1H3,(H,16,18)(H2,15,19,20);1H. The van der Waals surface area contributed by atoms with Gasteiger partial charge in [-0.25, -0.2) is 13.6 Å². The maximum atomic E-state index is 12.3. The van der Waals surface area contributed by atoms with Gasteiger partial charge < -0.3 is 10.6 Å². The molecule has 0 saturated carbocycles. The lowest BCUT2D eigenvalue weighted by molar-refractivity contribution is -0.127. The molecule has 1 amide bonds. The van der Waals surface area contributed by atoms with Gasteiger partial charge in [0.25, 0.3) is 0 Å². The molecule has 6 nitrogen and oxygen atoms in total. The van der Waals surface area contributed by atoms with Crippen LogP contribution in [0.5, 0.6) is 0 Å². The number of amides is 1. The highest BCUT2D eigenvalue weighted by atomic mass is 35.5. The fourth-order valence-corrected chi connectivity index (χ4v) is 3.23. The van der Waals surface area contributed by atoms with Gasteiger partial charge in [0.15, 0.2) is 0 Å². The van der Waals surface area contributed by atoms with Crippen LogP contribution in [0.2, 0.25) is 0 Å². The fraction of sp³-hybridized carbons (Fsp3) is 0.500. The summed E-state index contributed by atoms with van der Waals surface area (Å²) >= 11 is 0. The Kier molecular flexibility index (Phi) is 6.37. The van der Waals surface area contributed by atoms with E-state index in [-0.39, 0.29) is 29.8 Å². The van der Waals surface area contributed by atoms with E-state index < -0.39 is 15.6 Å². The summed E-state index contributed by atoms with van der Waals surface area (Å²) in [5.74, 6) is -0.0384. The number of carbonyl (C=O) groups is 1. The highest BCUT2D eigenvalue weighted by Gasteiger charge is 2.38. The van der Waals surface area contributed by atoms with E-state index in [1.807, 2.05) is 6.92 Å². The molecule has 1 aliphatic rings. The molecular weight excluding hydrogens is 326 g/mol. The van der Waals surface area contributed by atoms with E-state index in [0.717, 1.165) is 25.8 Å². The van der Waals surface area contributed by atoms with Crippen LogP contribution in [0, 0.1) is 0 Å². The van der Waals surface area contributed by atoms with Crippen LogP contribution in [-0.4, -0.2) is 26.4 Å². The Morgan fingerprint density at radius 3 is 2.73 bits per heavy atom. The van der Waals surface area contributed by atoms with Crippen LogP contribution in [0.4, 0.5) is 0 Å². The average Bonchev–Trinajstić information content (AvgIpc) is 2.94. The molecule has 0 aliphatic carbocycles. The largest absolute Gasteiger partial charge is 0.350 e. The molecule has 4 N–H and O–H groups in total. The number of nitrogens with two attached hydrogens (primary N) is 1. The number of primary sulfonamides is 1. The second-order valence-electron chi connectivity index (χ2n) is 5.34. The Bertz CT molecular complexity index is 628. The monoisotopic (exact) mass is 347 g/mol. The normalized spacial score (nSPS) is 21.2. The third-order valence-electron chi connectivity index (χ3n) is 3.96. The molecule has 0 radical (unpaired) electrons. The Balaban J connectivity index is 0.00000242. The van der Waals surface area contributed by atoms with Gasteiger partial charge in [-0.2, -0.15) is 0 Å². The van der Waals surface area contributed by atoms with Gasteiger partial charge in [0, 0.05) is 6.54 Å². The second kappa shape index (κ2) is 7.41. The maximum Gasteiger partial charge on any atom is 0.240 e. The average molecular weight is 348 g/mol. The number of rotatable bonds is 5. The molecule has 1 aromatic rings. The van der Waals surface area contributed by atoms with Crippen LogP contribution in [0.15, 0.2) is 29.2 Å². The minimum Gasteiger partial charge on any atom is -0.350 e. The zero-order chi connectivity index (χ0) is 15.5. The van der Waals surface area contributed by atoms with Crippen molar-refractivity contribution in [2.45, 2.75) is 43.2 Å². The highest BCUT2D eigenvalue weighted by molar-refractivity contribution is 7.89. The van der Waals surface area contributed by atoms with Crippen molar-refractivity contribution in [1.82, 2.24) is 10.6 Å². The van der Waals surface area contributed by atoms with Crippen molar-refractivity contribution in [3.63, 3.8) is 0 Å². The molecule has 2 rings (SSSR count). The van der Waals surface area contributed by atoms with E-state index in [2.05, 4.69) is 10.6 Å². The van der Waals surface area contributed by atoms with Gasteiger partial charge in [-0.05, 0) is 43.5 Å². The molecule has 124 valence electrons. The Morgan fingerprint density at radius 2 is 2.18 bits per heavy atom. The van der Waals surface area contributed by atoms with Gasteiger partial charge in [-0.15, -0.1) is 12.4 Å². The second-order valence-corrected chi connectivity index (χ2v) is 6.90. The van der Waals surface area contributed by atoms with Crippen molar-refractivity contribution in [3.8, 4) is 0 Å². The first-order valence-electron chi connectivity index (χ1n) is 7.02. The fourth-order valence-electron chi connectivity index (χ4n) is 2.65. The number of carbonyl (C=O) groups excluding carboxylic acids is 1. The highest BCUT2D eigenvalue weighted by Crippen LogP contribution is 2.23. The summed E-state index contributed by atoms with van der Waals surface area (Å²) in [5.41, 5.74) is 0.219. The summed E-state index contributed by atoms with van der Waals surface area (Å²) < 4.78 is 22.6. The number of sulfonamides is 1. The number of hydrogen-bond acceptors (Lipinski definition) is 4. The number of hydrogen-bond donors (Lipinski definition) is 3. The minimum atomic E-state index is -3.72. The van der Waals surface area contributed by atoms with Crippen molar-refractivity contribution in [1.29, 1.82) is 0 Å². The van der Waals surface area contributed by atoms with E-state index in [1.165, 1.54) is 12.1 Å². The maximum absolute atomic E-state index is 12.3. The first-order valence-corrected chi connectivity index (χ1v) is 8.57. The molecule has 1 fully saturated rings. The topological polar surface area (TPSA) is 101 Å². The summed E-state index contributed by atoms with van der Waals surface area (Å²) in [6, 6.07) is 6.29. The van der Waals surface area contributed by atoms with Gasteiger partial charge in [-0.3, -0.25) is 4.79 Å². The Morgan fingerprint density at radius 1 is 1.45 bits per heavy atom. The van der Waals surface area contributed by atoms with E-state index in [4.69, 9.17) is 5.14 Å². The van der Waals surface area contributed by atoms with Crippen molar-refractivity contribution < 1.29 is 13.2 Å². The van der Waals surface area contributed by atoms with Crippen molar-refractivity contribution >= 4 is 28.3 Å². The quantitative estimate of drug-likeness (QED) is 0.736. The van der Waals surface area contributed by atoms with Gasteiger partial charge in [-0.1, -0.05) is 19.1 Å². The summed E-state index contributed by atoms with van der Waals surface area (Å²) in [6.45, 7) is 3.12. The molecule has 22 heavy (non-hydrogen) atoms. The predicted octanol–water partition coefficient (Wildman–Crippen LogP) is 0.904. The molecule has 1 heterocycles. The molecule has 0 aromatic heterocycles. The van der Waals surface area contributed by atoms with Crippen LogP contribution >= 0.6 is 12.4 Å². The Hall–Kier alpha value is -1.15. The third-order valence-corrected chi connectivity index (χ3v) is 4.87. The Labute approximate surface area is 137 Å². The van der Waals surface area contributed by atoms with Gasteiger partial charge in [0.1, 0.15) is 0 Å². The van der Waals surface area contributed by atoms with Crippen LogP contribution in [0.3, 0.4) is 0 Å². The van der Waals surface area contributed by atoms with Crippen LogP contribution < -0.4 is 15.8 Å². The van der Waals surface area contributed by atoms with E-state index in [9.17, 15) is 13.2 Å². The molecule has 1 unspecified atom stereocenters. The SMILES string of the molecule is CCC1(C(=O)NCc2cccc(S(N)(=O)=O)c2)CCCN1.Cl. The lowest BCUT2D eigenvalue weighted by Gasteiger charge is -2.26. The minimum absolute atomic E-state index is 0.